The molecule has 0 amide bonds. The molecule has 1 rings (SSSR count). The van der Waals surface area contributed by atoms with Crippen molar-refractivity contribution in [1.82, 2.24) is 0 Å². The summed E-state index contributed by atoms with van der Waals surface area (Å²) in [5, 5.41) is 8.68. The molecule has 0 heterocycles. The summed E-state index contributed by atoms with van der Waals surface area (Å²) in [7, 11) is 0. The lowest BCUT2D eigenvalue weighted by atomic mass is 10.0. The van der Waals surface area contributed by atoms with Crippen LogP contribution in [0.25, 0.3) is 0 Å². The van der Waals surface area contributed by atoms with Crippen LogP contribution in [0.1, 0.15) is 30.9 Å². The van der Waals surface area contributed by atoms with Crippen molar-refractivity contribution in [1.29, 1.82) is 5.26 Å². The van der Waals surface area contributed by atoms with Crippen molar-refractivity contribution in [2.24, 2.45) is 0 Å². The summed E-state index contributed by atoms with van der Waals surface area (Å²) in [6.45, 7) is 4.28. The molecule has 0 aliphatic heterocycles. The summed E-state index contributed by atoms with van der Waals surface area (Å²) >= 11 is 2.30. The highest BCUT2D eigenvalue weighted by molar-refractivity contribution is 14.1. The molecule has 0 N–H and O–H groups in total. The van der Waals surface area contributed by atoms with Crippen molar-refractivity contribution in [3.63, 3.8) is 0 Å². The van der Waals surface area contributed by atoms with E-state index in [-0.39, 0.29) is 0 Å². The Morgan fingerprint density at radius 1 is 1.42 bits per heavy atom. The van der Waals surface area contributed by atoms with Crippen molar-refractivity contribution in [2.75, 3.05) is 0 Å². The highest BCUT2D eigenvalue weighted by Crippen LogP contribution is 2.22. The van der Waals surface area contributed by atoms with Gasteiger partial charge in [0.2, 0.25) is 0 Å². The van der Waals surface area contributed by atoms with Gasteiger partial charge in [-0.25, -0.2) is 0 Å². The Hall–Kier alpha value is -0.560. The van der Waals surface area contributed by atoms with E-state index in [0.717, 1.165) is 5.56 Å². The van der Waals surface area contributed by atoms with Gasteiger partial charge < -0.3 is 0 Å². The minimum atomic E-state index is 0.491. The third kappa shape index (κ3) is 1.98. The molecule has 0 bridgehead atoms. The van der Waals surface area contributed by atoms with E-state index in [9.17, 15) is 0 Å². The van der Waals surface area contributed by atoms with Crippen LogP contribution in [0.5, 0.6) is 0 Å². The van der Waals surface area contributed by atoms with E-state index in [0.29, 0.717) is 5.92 Å². The topological polar surface area (TPSA) is 23.8 Å². The van der Waals surface area contributed by atoms with Gasteiger partial charge in [-0.2, -0.15) is 5.26 Å². The summed E-state index contributed by atoms with van der Waals surface area (Å²) in [5.41, 5.74) is 2.01. The van der Waals surface area contributed by atoms with Gasteiger partial charge in [0.15, 0.2) is 0 Å². The molecule has 0 aromatic heterocycles. The highest BCUT2D eigenvalue weighted by Gasteiger charge is 2.04. The summed E-state index contributed by atoms with van der Waals surface area (Å²) in [6.07, 6.45) is 0. The van der Waals surface area contributed by atoms with Gasteiger partial charge in [0.05, 0.1) is 11.6 Å². The van der Waals surface area contributed by atoms with Crippen molar-refractivity contribution in [3.8, 4) is 6.07 Å². The van der Waals surface area contributed by atoms with E-state index < -0.39 is 0 Å². The van der Waals surface area contributed by atoms with E-state index in [1.807, 2.05) is 18.2 Å². The maximum atomic E-state index is 8.68. The Balaban J connectivity index is 3.19. The van der Waals surface area contributed by atoms with Crippen LogP contribution in [0.4, 0.5) is 0 Å². The Kier molecular flexibility index (Phi) is 3.10. The molecule has 0 saturated carbocycles. The van der Waals surface area contributed by atoms with E-state index in [1.165, 1.54) is 9.13 Å². The largest absolute Gasteiger partial charge is 0.192 e. The van der Waals surface area contributed by atoms with Crippen LogP contribution in [-0.2, 0) is 0 Å². The number of hydrogen-bond donors (Lipinski definition) is 0. The van der Waals surface area contributed by atoms with Crippen LogP contribution in [0.3, 0.4) is 0 Å². The van der Waals surface area contributed by atoms with Gasteiger partial charge >= 0.3 is 0 Å². The number of nitriles is 1. The first kappa shape index (κ1) is 9.53. The first-order valence-corrected chi connectivity index (χ1v) is 4.92. The fraction of sp³-hybridized carbons (Fsp3) is 0.300. The Bertz CT molecular complexity index is 323. The van der Waals surface area contributed by atoms with Crippen LogP contribution in [-0.4, -0.2) is 0 Å². The third-order valence-corrected chi connectivity index (χ3v) is 2.73. The van der Waals surface area contributed by atoms with Crippen molar-refractivity contribution in [3.05, 3.63) is 32.9 Å². The van der Waals surface area contributed by atoms with Crippen LogP contribution in [0.2, 0.25) is 0 Å². The summed E-state index contributed by atoms with van der Waals surface area (Å²) < 4.78 is 1.24. The van der Waals surface area contributed by atoms with Crippen LogP contribution in [0, 0.1) is 14.9 Å². The van der Waals surface area contributed by atoms with Crippen molar-refractivity contribution >= 4 is 22.6 Å². The molecule has 0 radical (unpaired) electrons. The maximum Gasteiger partial charge on any atom is 0.0991 e. The molecule has 1 aromatic carbocycles. The Morgan fingerprint density at radius 3 is 2.58 bits per heavy atom. The zero-order valence-electron chi connectivity index (χ0n) is 7.13. The van der Waals surface area contributed by atoms with Crippen LogP contribution in [0.15, 0.2) is 18.2 Å². The normalized spacial score (nSPS) is 9.92. The molecule has 2 heteroatoms. The summed E-state index contributed by atoms with van der Waals surface area (Å²) in [6, 6.07) is 7.96. The molecule has 0 aliphatic carbocycles. The Labute approximate surface area is 86.5 Å². The van der Waals surface area contributed by atoms with Gasteiger partial charge in [-0.15, -0.1) is 0 Å². The first-order valence-electron chi connectivity index (χ1n) is 3.84. The predicted molar refractivity (Wildman–Crippen MR) is 58.0 cm³/mol. The van der Waals surface area contributed by atoms with Gasteiger partial charge in [-0.1, -0.05) is 13.8 Å². The summed E-state index contributed by atoms with van der Waals surface area (Å²) in [5.74, 6) is 0.491. The molecule has 0 saturated heterocycles. The van der Waals surface area contributed by atoms with Gasteiger partial charge in [0, 0.05) is 3.57 Å². The lowest BCUT2D eigenvalue weighted by Crippen LogP contribution is -1.92. The Morgan fingerprint density at radius 2 is 2.08 bits per heavy atom. The van der Waals surface area contributed by atoms with E-state index in [2.05, 4.69) is 42.5 Å². The smallest absolute Gasteiger partial charge is 0.0991 e. The molecule has 0 aliphatic rings. The van der Waals surface area contributed by atoms with E-state index >= 15 is 0 Å². The van der Waals surface area contributed by atoms with Crippen molar-refractivity contribution in [2.45, 2.75) is 19.8 Å². The number of benzene rings is 1. The molecular weight excluding hydrogens is 261 g/mol. The molecule has 1 aromatic rings. The van der Waals surface area contributed by atoms with Gasteiger partial charge in [0.1, 0.15) is 0 Å². The maximum absolute atomic E-state index is 8.68. The minimum Gasteiger partial charge on any atom is -0.192 e. The number of hydrogen-bond acceptors (Lipinski definition) is 1. The monoisotopic (exact) mass is 271 g/mol. The number of halogens is 1. The summed E-state index contributed by atoms with van der Waals surface area (Å²) in [4.78, 5) is 0. The van der Waals surface area contributed by atoms with Gasteiger partial charge in [0.25, 0.3) is 0 Å². The standard InChI is InChI=1S/C10H10IN/c1-7(2)9-5-8(6-12)3-4-10(9)11/h3-5,7H,1-2H3. The molecule has 0 atom stereocenters. The predicted octanol–water partition coefficient (Wildman–Crippen LogP) is 3.29. The van der Waals surface area contributed by atoms with Crippen LogP contribution >= 0.6 is 22.6 Å². The molecule has 62 valence electrons. The molecular formula is C10H10IN. The molecule has 0 unspecified atom stereocenters. The minimum absolute atomic E-state index is 0.491. The average Bonchev–Trinajstić information content (AvgIpc) is 2.05. The second-order valence-corrected chi connectivity index (χ2v) is 4.16. The van der Waals surface area contributed by atoms with Gasteiger partial charge in [-0.3, -0.25) is 0 Å². The van der Waals surface area contributed by atoms with E-state index in [1.54, 1.807) is 0 Å². The zero-order valence-corrected chi connectivity index (χ0v) is 9.29. The lowest BCUT2D eigenvalue weighted by molar-refractivity contribution is 0.859. The fourth-order valence-electron chi connectivity index (χ4n) is 1.06. The second kappa shape index (κ2) is 3.90. The zero-order chi connectivity index (χ0) is 9.14. The average molecular weight is 271 g/mol. The van der Waals surface area contributed by atoms with Crippen molar-refractivity contribution < 1.29 is 0 Å². The number of rotatable bonds is 1. The molecule has 1 nitrogen and oxygen atoms in total. The van der Waals surface area contributed by atoms with Gasteiger partial charge in [-0.05, 0) is 52.3 Å². The quantitative estimate of drug-likeness (QED) is 0.719. The molecule has 0 fully saturated rings. The SMILES string of the molecule is CC(C)c1cc(C#N)ccc1I. The number of nitrogens with zero attached hydrogens (tertiary/aromatic N) is 1. The third-order valence-electron chi connectivity index (χ3n) is 1.75. The molecule has 0 spiro atoms. The highest BCUT2D eigenvalue weighted by atomic mass is 127. The fourth-order valence-corrected chi connectivity index (χ4v) is 2.01. The second-order valence-electron chi connectivity index (χ2n) is 3.00. The van der Waals surface area contributed by atoms with E-state index in [4.69, 9.17) is 5.26 Å². The first-order chi connectivity index (χ1) is 5.65. The lowest BCUT2D eigenvalue weighted by Gasteiger charge is -2.07. The van der Waals surface area contributed by atoms with Crippen LogP contribution < -0.4 is 0 Å². The molecule has 12 heavy (non-hydrogen) atoms.